The standard InChI is InChI=1S/C19H22N2O/c1-2-20(14-12-16-8-4-3-5-9-16)19(22)21-15-13-17-10-6-7-11-18(17)21/h3-11H,2,12-15H2,1H3. The number of benzene rings is 2. The van der Waals surface area contributed by atoms with Gasteiger partial charge in [-0.25, -0.2) is 4.79 Å². The molecule has 1 aliphatic rings. The highest BCUT2D eigenvalue weighted by molar-refractivity contribution is 5.94. The first-order valence-corrected chi connectivity index (χ1v) is 7.98. The molecule has 0 atom stereocenters. The molecule has 2 amide bonds. The van der Waals surface area contributed by atoms with Crippen molar-refractivity contribution in [3.8, 4) is 0 Å². The predicted octanol–water partition coefficient (Wildman–Crippen LogP) is 3.73. The van der Waals surface area contributed by atoms with Crippen LogP contribution in [0.4, 0.5) is 10.5 Å². The lowest BCUT2D eigenvalue weighted by Crippen LogP contribution is -2.43. The van der Waals surface area contributed by atoms with Gasteiger partial charge >= 0.3 is 6.03 Å². The molecule has 0 unspecified atom stereocenters. The smallest absolute Gasteiger partial charge is 0.324 e. The van der Waals surface area contributed by atoms with Gasteiger partial charge in [-0.15, -0.1) is 0 Å². The van der Waals surface area contributed by atoms with Gasteiger partial charge in [0.2, 0.25) is 0 Å². The van der Waals surface area contributed by atoms with Gasteiger partial charge in [-0.3, -0.25) is 4.90 Å². The van der Waals surface area contributed by atoms with Crippen LogP contribution in [0.5, 0.6) is 0 Å². The third-order valence-electron chi connectivity index (χ3n) is 4.28. The van der Waals surface area contributed by atoms with E-state index in [0.717, 1.165) is 38.2 Å². The molecule has 0 spiro atoms. The normalized spacial score (nSPS) is 13.0. The van der Waals surface area contributed by atoms with Crippen molar-refractivity contribution in [2.24, 2.45) is 0 Å². The molecule has 0 saturated carbocycles. The van der Waals surface area contributed by atoms with Gasteiger partial charge in [-0.1, -0.05) is 48.5 Å². The van der Waals surface area contributed by atoms with Crippen LogP contribution in [0.3, 0.4) is 0 Å². The van der Waals surface area contributed by atoms with Gasteiger partial charge in [0, 0.05) is 25.3 Å². The van der Waals surface area contributed by atoms with Crippen LogP contribution in [0.25, 0.3) is 0 Å². The Bertz CT molecular complexity index is 639. The van der Waals surface area contributed by atoms with Crippen LogP contribution in [-0.2, 0) is 12.8 Å². The largest absolute Gasteiger partial charge is 0.324 e. The molecule has 0 bridgehead atoms. The van der Waals surface area contributed by atoms with E-state index in [1.807, 2.05) is 53.1 Å². The molecule has 0 saturated heterocycles. The summed E-state index contributed by atoms with van der Waals surface area (Å²) in [6.45, 7) is 4.34. The Labute approximate surface area is 132 Å². The Hall–Kier alpha value is -2.29. The van der Waals surface area contributed by atoms with E-state index in [1.54, 1.807) is 0 Å². The summed E-state index contributed by atoms with van der Waals surface area (Å²) < 4.78 is 0. The zero-order valence-electron chi connectivity index (χ0n) is 13.0. The van der Waals surface area contributed by atoms with Gasteiger partial charge in [0.1, 0.15) is 0 Å². The molecule has 2 aromatic carbocycles. The Balaban J connectivity index is 1.68. The number of carbonyl (C=O) groups excluding carboxylic acids is 1. The van der Waals surface area contributed by atoms with Crippen LogP contribution in [0, 0.1) is 0 Å². The Morgan fingerprint density at radius 1 is 1.09 bits per heavy atom. The maximum atomic E-state index is 12.8. The predicted molar refractivity (Wildman–Crippen MR) is 90.3 cm³/mol. The van der Waals surface area contributed by atoms with Crippen molar-refractivity contribution >= 4 is 11.7 Å². The molecular weight excluding hydrogens is 272 g/mol. The minimum atomic E-state index is 0.128. The van der Waals surface area contributed by atoms with Crippen molar-refractivity contribution in [1.82, 2.24) is 4.90 Å². The van der Waals surface area contributed by atoms with Crippen LogP contribution in [0.15, 0.2) is 54.6 Å². The van der Waals surface area contributed by atoms with Crippen molar-refractivity contribution in [3.05, 3.63) is 65.7 Å². The van der Waals surface area contributed by atoms with E-state index in [2.05, 4.69) is 18.2 Å². The molecule has 1 aliphatic heterocycles. The average molecular weight is 294 g/mol. The molecule has 22 heavy (non-hydrogen) atoms. The quantitative estimate of drug-likeness (QED) is 0.842. The van der Waals surface area contributed by atoms with Gasteiger partial charge in [0.25, 0.3) is 0 Å². The SMILES string of the molecule is CCN(CCc1ccccc1)C(=O)N1CCc2ccccc21. The number of likely N-dealkylation sites (N-methyl/N-ethyl adjacent to an activating group) is 1. The fourth-order valence-electron chi connectivity index (χ4n) is 3.01. The highest BCUT2D eigenvalue weighted by atomic mass is 16.2. The summed E-state index contributed by atoms with van der Waals surface area (Å²) in [6, 6.07) is 18.7. The third-order valence-corrected chi connectivity index (χ3v) is 4.28. The van der Waals surface area contributed by atoms with Crippen LogP contribution in [-0.4, -0.2) is 30.6 Å². The second-order valence-corrected chi connectivity index (χ2v) is 5.63. The second kappa shape index (κ2) is 6.65. The number of fused-ring (bicyclic) bond motifs is 1. The molecule has 0 radical (unpaired) electrons. The van der Waals surface area contributed by atoms with E-state index >= 15 is 0 Å². The lowest BCUT2D eigenvalue weighted by Gasteiger charge is -2.27. The third kappa shape index (κ3) is 2.98. The Morgan fingerprint density at radius 2 is 1.82 bits per heavy atom. The van der Waals surface area contributed by atoms with Gasteiger partial charge in [0.15, 0.2) is 0 Å². The molecule has 0 aromatic heterocycles. The number of nitrogens with zero attached hydrogens (tertiary/aromatic N) is 2. The van der Waals surface area contributed by atoms with Crippen LogP contribution >= 0.6 is 0 Å². The summed E-state index contributed by atoms with van der Waals surface area (Å²) in [7, 11) is 0. The first-order chi connectivity index (χ1) is 10.8. The van der Waals surface area contributed by atoms with Gasteiger partial charge in [-0.05, 0) is 37.0 Å². The summed E-state index contributed by atoms with van der Waals surface area (Å²) in [6.07, 6.45) is 1.86. The fourth-order valence-corrected chi connectivity index (χ4v) is 3.01. The lowest BCUT2D eigenvalue weighted by atomic mass is 10.1. The molecule has 2 aromatic rings. The van der Waals surface area contributed by atoms with E-state index in [9.17, 15) is 4.79 Å². The van der Waals surface area contributed by atoms with Crippen LogP contribution < -0.4 is 4.90 Å². The summed E-state index contributed by atoms with van der Waals surface area (Å²) in [4.78, 5) is 16.7. The minimum absolute atomic E-state index is 0.128. The Kier molecular flexibility index (Phi) is 4.42. The molecular formula is C19H22N2O. The zero-order chi connectivity index (χ0) is 15.4. The van der Waals surface area contributed by atoms with Crippen molar-refractivity contribution in [2.75, 3.05) is 24.5 Å². The van der Waals surface area contributed by atoms with E-state index in [0.29, 0.717) is 0 Å². The maximum absolute atomic E-state index is 12.8. The number of para-hydroxylation sites is 1. The zero-order valence-corrected chi connectivity index (χ0v) is 13.0. The number of hydrogen-bond donors (Lipinski definition) is 0. The fraction of sp³-hybridized carbons (Fsp3) is 0.316. The summed E-state index contributed by atoms with van der Waals surface area (Å²) >= 11 is 0. The number of anilines is 1. The Morgan fingerprint density at radius 3 is 2.59 bits per heavy atom. The highest BCUT2D eigenvalue weighted by Gasteiger charge is 2.27. The van der Waals surface area contributed by atoms with E-state index in [4.69, 9.17) is 0 Å². The van der Waals surface area contributed by atoms with Gasteiger partial charge < -0.3 is 4.90 Å². The monoisotopic (exact) mass is 294 g/mol. The van der Waals surface area contributed by atoms with Gasteiger partial charge in [-0.2, -0.15) is 0 Å². The average Bonchev–Trinajstić information content (AvgIpc) is 3.00. The molecule has 1 heterocycles. The molecule has 0 N–H and O–H groups in total. The maximum Gasteiger partial charge on any atom is 0.324 e. The summed E-state index contributed by atoms with van der Waals surface area (Å²) in [5, 5.41) is 0. The number of carbonyl (C=O) groups is 1. The molecule has 3 rings (SSSR count). The van der Waals surface area contributed by atoms with Gasteiger partial charge in [0.05, 0.1) is 0 Å². The minimum Gasteiger partial charge on any atom is -0.324 e. The molecule has 0 aliphatic carbocycles. The first kappa shape index (κ1) is 14.6. The topological polar surface area (TPSA) is 23.6 Å². The number of urea groups is 1. The molecule has 0 fully saturated rings. The first-order valence-electron chi connectivity index (χ1n) is 7.98. The van der Waals surface area contributed by atoms with Crippen molar-refractivity contribution in [1.29, 1.82) is 0 Å². The lowest BCUT2D eigenvalue weighted by molar-refractivity contribution is 0.208. The number of amides is 2. The number of rotatable bonds is 4. The molecule has 3 heteroatoms. The number of hydrogen-bond acceptors (Lipinski definition) is 1. The van der Waals surface area contributed by atoms with Crippen molar-refractivity contribution in [3.63, 3.8) is 0 Å². The summed E-state index contributed by atoms with van der Waals surface area (Å²) in [5.74, 6) is 0. The molecule has 3 nitrogen and oxygen atoms in total. The van der Waals surface area contributed by atoms with Crippen LogP contribution in [0.1, 0.15) is 18.1 Å². The van der Waals surface area contributed by atoms with Crippen molar-refractivity contribution < 1.29 is 4.79 Å². The highest BCUT2D eigenvalue weighted by Crippen LogP contribution is 2.28. The molecule has 114 valence electrons. The van der Waals surface area contributed by atoms with Crippen LogP contribution in [0.2, 0.25) is 0 Å². The second-order valence-electron chi connectivity index (χ2n) is 5.63. The van der Waals surface area contributed by atoms with Crippen molar-refractivity contribution in [2.45, 2.75) is 19.8 Å². The van der Waals surface area contributed by atoms with E-state index in [1.165, 1.54) is 11.1 Å². The van der Waals surface area contributed by atoms with E-state index in [-0.39, 0.29) is 6.03 Å². The van der Waals surface area contributed by atoms with E-state index < -0.39 is 0 Å². The summed E-state index contributed by atoms with van der Waals surface area (Å²) in [5.41, 5.74) is 3.62.